The maximum absolute atomic E-state index is 12.4. The molecule has 1 saturated heterocycles. The first-order valence-corrected chi connectivity index (χ1v) is 11.5. The molecule has 1 aliphatic heterocycles. The van der Waals surface area contributed by atoms with Crippen LogP contribution in [0.3, 0.4) is 0 Å². The van der Waals surface area contributed by atoms with Crippen molar-refractivity contribution in [3.05, 3.63) is 41.8 Å². The minimum atomic E-state index is -3.24. The molecule has 1 aromatic carbocycles. The lowest BCUT2D eigenvalue weighted by Gasteiger charge is -2.35. The Bertz CT molecular complexity index is 945. The van der Waals surface area contributed by atoms with Crippen LogP contribution in [-0.4, -0.2) is 57.2 Å². The molecule has 3 rings (SSSR count). The summed E-state index contributed by atoms with van der Waals surface area (Å²) < 4.78 is 34.8. The second-order valence-corrected chi connectivity index (χ2v) is 9.77. The molecule has 2 heterocycles. The number of guanidine groups is 1. The van der Waals surface area contributed by atoms with E-state index in [1.54, 1.807) is 13.3 Å². The lowest BCUT2D eigenvalue weighted by atomic mass is 9.99. The number of aliphatic imine (C=N–C) groups is 1. The van der Waals surface area contributed by atoms with Gasteiger partial charge in [-0.1, -0.05) is 17.7 Å². The minimum Gasteiger partial charge on any atom is -0.444 e. The fourth-order valence-corrected chi connectivity index (χ4v) is 4.52. The molecule has 0 amide bonds. The lowest BCUT2D eigenvalue weighted by molar-refractivity contribution is 0.0756. The molecule has 158 valence electrons. The molecule has 0 spiro atoms. The summed E-state index contributed by atoms with van der Waals surface area (Å²) in [5, 5.41) is 6.31. The van der Waals surface area contributed by atoms with E-state index in [9.17, 15) is 8.42 Å². The van der Waals surface area contributed by atoms with Gasteiger partial charge in [0.2, 0.25) is 5.89 Å². The zero-order valence-corrected chi connectivity index (χ0v) is 17.9. The topological polar surface area (TPSA) is 106 Å². The fraction of sp³-hybridized carbons (Fsp3) is 0.500. The molecule has 0 unspecified atom stereocenters. The van der Waals surface area contributed by atoms with Crippen LogP contribution in [-0.2, 0) is 21.1 Å². The van der Waals surface area contributed by atoms with Gasteiger partial charge in [0.1, 0.15) is 6.26 Å². The van der Waals surface area contributed by atoms with Crippen molar-refractivity contribution >= 4 is 15.8 Å². The minimum absolute atomic E-state index is 0.280. The molecule has 0 aliphatic carbocycles. The number of sulfone groups is 1. The molecule has 1 fully saturated rings. The quantitative estimate of drug-likeness (QED) is 0.543. The third kappa shape index (κ3) is 5.16. The largest absolute Gasteiger partial charge is 0.444 e. The Morgan fingerprint density at radius 1 is 1.21 bits per heavy atom. The summed E-state index contributed by atoms with van der Waals surface area (Å²) in [5.74, 6) is 1.07. The van der Waals surface area contributed by atoms with Crippen LogP contribution < -0.4 is 10.6 Å². The second kappa shape index (κ2) is 8.96. The van der Waals surface area contributed by atoms with Crippen molar-refractivity contribution < 1.29 is 17.6 Å². The van der Waals surface area contributed by atoms with Gasteiger partial charge in [0, 0.05) is 38.6 Å². The van der Waals surface area contributed by atoms with Gasteiger partial charge < -0.3 is 19.8 Å². The van der Waals surface area contributed by atoms with Gasteiger partial charge in [0.15, 0.2) is 15.8 Å². The van der Waals surface area contributed by atoms with Gasteiger partial charge in [-0.3, -0.25) is 4.99 Å². The third-order valence-electron chi connectivity index (χ3n) is 5.28. The first-order valence-electron chi connectivity index (χ1n) is 9.56. The van der Waals surface area contributed by atoms with E-state index in [-0.39, 0.29) is 6.54 Å². The van der Waals surface area contributed by atoms with E-state index in [1.165, 1.54) is 11.8 Å². The molecule has 2 N–H and O–H groups in total. The van der Waals surface area contributed by atoms with Crippen molar-refractivity contribution in [2.24, 2.45) is 4.99 Å². The van der Waals surface area contributed by atoms with E-state index in [0.717, 1.165) is 11.3 Å². The van der Waals surface area contributed by atoms with Gasteiger partial charge in [0.25, 0.3) is 0 Å². The summed E-state index contributed by atoms with van der Waals surface area (Å²) in [6.07, 6.45) is 3.84. The average Bonchev–Trinajstić information content (AvgIpc) is 3.17. The van der Waals surface area contributed by atoms with Gasteiger partial charge in [0.05, 0.1) is 17.0 Å². The van der Waals surface area contributed by atoms with E-state index >= 15 is 0 Å². The van der Waals surface area contributed by atoms with Crippen LogP contribution in [0.2, 0.25) is 0 Å². The van der Waals surface area contributed by atoms with Crippen molar-refractivity contribution in [2.45, 2.75) is 31.1 Å². The molecular weight excluding hydrogens is 392 g/mol. The van der Waals surface area contributed by atoms with Gasteiger partial charge >= 0.3 is 0 Å². The highest BCUT2D eigenvalue weighted by atomic mass is 32.2. The molecule has 29 heavy (non-hydrogen) atoms. The van der Waals surface area contributed by atoms with E-state index in [4.69, 9.17) is 9.15 Å². The number of benzene rings is 1. The van der Waals surface area contributed by atoms with Gasteiger partial charge in [-0.05, 0) is 31.9 Å². The van der Waals surface area contributed by atoms with Crippen molar-refractivity contribution in [1.29, 1.82) is 0 Å². The number of nitrogens with zero attached hydrogens (tertiary/aromatic N) is 2. The zero-order chi connectivity index (χ0) is 20.9. The number of ether oxygens (including phenoxy) is 1. The predicted molar refractivity (Wildman–Crippen MR) is 113 cm³/mol. The summed E-state index contributed by atoms with van der Waals surface area (Å²) in [7, 11) is -1.60. The summed E-state index contributed by atoms with van der Waals surface area (Å²) in [5.41, 5.74) is 2.82. The second-order valence-electron chi connectivity index (χ2n) is 7.36. The Kier molecular flexibility index (Phi) is 6.59. The number of aromatic nitrogens is 1. The smallest absolute Gasteiger partial charge is 0.226 e. The number of nitrogens with one attached hydrogen (secondary N) is 2. The Balaban J connectivity index is 1.59. The van der Waals surface area contributed by atoms with E-state index in [1.807, 2.05) is 31.2 Å². The van der Waals surface area contributed by atoms with Crippen molar-refractivity contribution in [1.82, 2.24) is 15.6 Å². The molecule has 0 saturated carbocycles. The molecule has 1 aromatic heterocycles. The molecule has 0 radical (unpaired) electrons. The number of oxazole rings is 1. The number of hydrogen-bond donors (Lipinski definition) is 2. The highest BCUT2D eigenvalue weighted by Gasteiger charge is 2.42. The summed E-state index contributed by atoms with van der Waals surface area (Å²) >= 11 is 0. The molecular formula is C20H28N4O4S. The normalized spacial score (nSPS) is 17.1. The monoisotopic (exact) mass is 420 g/mol. The molecule has 9 heteroatoms. The highest BCUT2D eigenvalue weighted by molar-refractivity contribution is 7.92. The average molecular weight is 421 g/mol. The summed E-state index contributed by atoms with van der Waals surface area (Å²) in [6, 6.07) is 7.96. The van der Waals surface area contributed by atoms with Crippen LogP contribution >= 0.6 is 0 Å². The van der Waals surface area contributed by atoms with Gasteiger partial charge in [-0.2, -0.15) is 0 Å². The van der Waals surface area contributed by atoms with Crippen molar-refractivity contribution in [3.8, 4) is 11.5 Å². The first-order chi connectivity index (χ1) is 13.8. The fourth-order valence-electron chi connectivity index (χ4n) is 3.28. The Labute approximate surface area is 171 Å². The summed E-state index contributed by atoms with van der Waals surface area (Å²) in [6.45, 7) is 3.61. The lowest BCUT2D eigenvalue weighted by Crippen LogP contribution is -2.53. The SMILES string of the molecule is CN=C(NCc1coc(-c2ccc(C)cc2)n1)NCC1(S(C)(=O)=O)CCOCC1. The Morgan fingerprint density at radius 3 is 2.52 bits per heavy atom. The highest BCUT2D eigenvalue weighted by Crippen LogP contribution is 2.28. The molecule has 0 atom stereocenters. The van der Waals surface area contributed by atoms with Crippen LogP contribution in [0.25, 0.3) is 11.5 Å². The number of rotatable bonds is 6. The summed E-state index contributed by atoms with van der Waals surface area (Å²) in [4.78, 5) is 8.68. The Morgan fingerprint density at radius 2 is 1.90 bits per heavy atom. The van der Waals surface area contributed by atoms with Gasteiger partial charge in [-0.25, -0.2) is 13.4 Å². The standard InChI is InChI=1S/C20H28N4O4S/c1-15-4-6-16(7-5-15)18-24-17(13-28-18)12-22-19(21-2)23-14-20(29(3,25)26)8-10-27-11-9-20/h4-7,13H,8-12,14H2,1-3H3,(H2,21,22,23). The van der Waals surface area contributed by atoms with Crippen LogP contribution in [0.15, 0.2) is 39.9 Å². The zero-order valence-electron chi connectivity index (χ0n) is 17.1. The van der Waals surface area contributed by atoms with Crippen LogP contribution in [0, 0.1) is 6.92 Å². The van der Waals surface area contributed by atoms with Crippen LogP contribution in [0.5, 0.6) is 0 Å². The molecule has 8 nitrogen and oxygen atoms in total. The third-order valence-corrected chi connectivity index (χ3v) is 7.41. The van der Waals surface area contributed by atoms with Crippen LogP contribution in [0.1, 0.15) is 24.1 Å². The molecule has 0 bridgehead atoms. The van der Waals surface area contributed by atoms with E-state index in [2.05, 4.69) is 20.6 Å². The maximum atomic E-state index is 12.4. The number of hydrogen-bond acceptors (Lipinski definition) is 6. The van der Waals surface area contributed by atoms with Crippen LogP contribution in [0.4, 0.5) is 0 Å². The van der Waals surface area contributed by atoms with Crippen molar-refractivity contribution in [2.75, 3.05) is 33.1 Å². The maximum Gasteiger partial charge on any atom is 0.226 e. The first kappa shape index (κ1) is 21.3. The number of aryl methyl sites for hydroxylation is 1. The van der Waals surface area contributed by atoms with Crippen molar-refractivity contribution in [3.63, 3.8) is 0 Å². The Hall–Kier alpha value is -2.39. The molecule has 2 aromatic rings. The van der Waals surface area contributed by atoms with Gasteiger partial charge in [-0.15, -0.1) is 0 Å². The van der Waals surface area contributed by atoms with E-state index < -0.39 is 14.6 Å². The predicted octanol–water partition coefficient (Wildman–Crippen LogP) is 1.91. The van der Waals surface area contributed by atoms with E-state index in [0.29, 0.717) is 44.5 Å². The molecule has 1 aliphatic rings.